The second-order valence-electron chi connectivity index (χ2n) is 4.12. The molecule has 104 valence electrons. The van der Waals surface area contributed by atoms with Gasteiger partial charge in [0.2, 0.25) is 5.82 Å². The van der Waals surface area contributed by atoms with Gasteiger partial charge in [-0.2, -0.15) is 18.3 Å². The fourth-order valence-electron chi connectivity index (χ4n) is 1.99. The molecule has 3 aromatic rings. The number of alkyl halides is 3. The van der Waals surface area contributed by atoms with Crippen LogP contribution in [-0.4, -0.2) is 19.7 Å². The maximum atomic E-state index is 12.8. The molecule has 9 heteroatoms. The van der Waals surface area contributed by atoms with Crippen LogP contribution in [0.3, 0.4) is 0 Å². The van der Waals surface area contributed by atoms with Gasteiger partial charge in [0, 0.05) is 22.3 Å². The quantitative estimate of drug-likeness (QED) is 0.567. The summed E-state index contributed by atoms with van der Waals surface area (Å²) in [6, 6.07) is 1.59. The van der Waals surface area contributed by atoms with Gasteiger partial charge in [-0.3, -0.25) is 4.68 Å². The molecule has 2 heterocycles. The lowest BCUT2D eigenvalue weighted by Gasteiger charge is -2.09. The van der Waals surface area contributed by atoms with E-state index in [0.29, 0.717) is 20.8 Å². The van der Waals surface area contributed by atoms with Crippen LogP contribution in [0.15, 0.2) is 16.7 Å². The van der Waals surface area contributed by atoms with Gasteiger partial charge in [-0.25, -0.2) is 9.97 Å². The summed E-state index contributed by atoms with van der Waals surface area (Å²) in [5.41, 5.74) is 0.768. The van der Waals surface area contributed by atoms with Crippen LogP contribution in [0.4, 0.5) is 13.2 Å². The molecule has 0 unspecified atom stereocenters. The standard InChI is InChI=1S/C11H5BrClF3N4/c1-20-8-5(3-17-20)7-4(2-6(8)12)9(13)19-10(18-7)11(14,15)16/h2-3H,1H3. The first-order valence-corrected chi connectivity index (χ1v) is 6.51. The van der Waals surface area contributed by atoms with Gasteiger partial charge < -0.3 is 0 Å². The van der Waals surface area contributed by atoms with E-state index in [-0.39, 0.29) is 10.7 Å². The molecule has 2 aromatic heterocycles. The van der Waals surface area contributed by atoms with E-state index in [1.54, 1.807) is 17.8 Å². The number of aryl methyl sites for hydroxylation is 1. The lowest BCUT2D eigenvalue weighted by Crippen LogP contribution is -2.11. The zero-order valence-electron chi connectivity index (χ0n) is 9.83. The van der Waals surface area contributed by atoms with E-state index in [1.807, 2.05) is 0 Å². The monoisotopic (exact) mass is 364 g/mol. The number of aromatic nitrogens is 4. The normalized spacial score (nSPS) is 12.5. The summed E-state index contributed by atoms with van der Waals surface area (Å²) in [5.74, 6) is -1.26. The van der Waals surface area contributed by atoms with Crippen molar-refractivity contribution in [1.82, 2.24) is 19.7 Å². The Labute approximate surface area is 123 Å². The van der Waals surface area contributed by atoms with Crippen molar-refractivity contribution in [3.05, 3.63) is 27.7 Å². The van der Waals surface area contributed by atoms with Gasteiger partial charge in [-0.1, -0.05) is 11.6 Å². The van der Waals surface area contributed by atoms with Crippen molar-refractivity contribution in [2.45, 2.75) is 6.18 Å². The van der Waals surface area contributed by atoms with Gasteiger partial charge >= 0.3 is 6.18 Å². The largest absolute Gasteiger partial charge is 0.451 e. The SMILES string of the molecule is Cn1ncc2c3nc(C(F)(F)F)nc(Cl)c3cc(Br)c21. The Balaban J connectivity index is 2.51. The Bertz CT molecular complexity index is 843. The molecule has 0 N–H and O–H groups in total. The third kappa shape index (κ3) is 1.94. The number of halogens is 5. The molecule has 0 spiro atoms. The highest BCUT2D eigenvalue weighted by Gasteiger charge is 2.35. The topological polar surface area (TPSA) is 43.6 Å². The first kappa shape index (κ1) is 13.6. The molecule has 0 fully saturated rings. The zero-order chi connectivity index (χ0) is 14.7. The van der Waals surface area contributed by atoms with E-state index in [0.717, 1.165) is 0 Å². The summed E-state index contributed by atoms with van der Waals surface area (Å²) in [6.07, 6.45) is -3.20. The molecule has 0 saturated heterocycles. The van der Waals surface area contributed by atoms with Crippen LogP contribution in [0.5, 0.6) is 0 Å². The van der Waals surface area contributed by atoms with E-state index in [2.05, 4.69) is 31.0 Å². The number of hydrogen-bond donors (Lipinski definition) is 0. The fraction of sp³-hybridized carbons (Fsp3) is 0.182. The minimum atomic E-state index is -4.65. The number of nitrogens with zero attached hydrogens (tertiary/aromatic N) is 4. The van der Waals surface area contributed by atoms with E-state index >= 15 is 0 Å². The van der Waals surface area contributed by atoms with Gasteiger partial charge in [0.25, 0.3) is 0 Å². The van der Waals surface area contributed by atoms with Crippen molar-refractivity contribution in [3.63, 3.8) is 0 Å². The van der Waals surface area contributed by atoms with Crippen molar-refractivity contribution >= 4 is 49.3 Å². The average molecular weight is 366 g/mol. The summed E-state index contributed by atoms with van der Waals surface area (Å²) in [6.45, 7) is 0. The van der Waals surface area contributed by atoms with Crippen LogP contribution >= 0.6 is 27.5 Å². The van der Waals surface area contributed by atoms with Crippen LogP contribution in [-0.2, 0) is 13.2 Å². The minimum Gasteiger partial charge on any atom is -0.267 e. The number of rotatable bonds is 0. The molecule has 0 saturated carbocycles. The first-order chi connectivity index (χ1) is 9.29. The Morgan fingerprint density at radius 3 is 2.60 bits per heavy atom. The second kappa shape index (κ2) is 4.29. The Hall–Kier alpha value is -1.41. The molecule has 3 rings (SSSR count). The van der Waals surface area contributed by atoms with Crippen LogP contribution < -0.4 is 0 Å². The van der Waals surface area contributed by atoms with Crippen molar-refractivity contribution in [2.24, 2.45) is 7.05 Å². The molecule has 0 amide bonds. The number of fused-ring (bicyclic) bond motifs is 3. The summed E-state index contributed by atoms with van der Waals surface area (Å²) in [7, 11) is 1.69. The molecule has 1 aromatic carbocycles. The Morgan fingerprint density at radius 1 is 1.25 bits per heavy atom. The van der Waals surface area contributed by atoms with Gasteiger partial charge in [0.15, 0.2) is 0 Å². The molecule has 0 aliphatic carbocycles. The summed E-state index contributed by atoms with van der Waals surface area (Å²) in [5, 5.41) is 4.61. The van der Waals surface area contributed by atoms with Crippen molar-refractivity contribution < 1.29 is 13.2 Å². The zero-order valence-corrected chi connectivity index (χ0v) is 12.2. The highest BCUT2D eigenvalue weighted by molar-refractivity contribution is 9.10. The molecule has 20 heavy (non-hydrogen) atoms. The molecule has 0 atom stereocenters. The summed E-state index contributed by atoms with van der Waals surface area (Å²) >= 11 is 9.19. The third-order valence-electron chi connectivity index (χ3n) is 2.84. The average Bonchev–Trinajstić information content (AvgIpc) is 2.72. The Kier molecular flexibility index (Phi) is 2.91. The molecule has 4 nitrogen and oxygen atoms in total. The summed E-state index contributed by atoms with van der Waals surface area (Å²) in [4.78, 5) is 6.90. The van der Waals surface area contributed by atoms with E-state index in [1.165, 1.54) is 6.20 Å². The third-order valence-corrected chi connectivity index (χ3v) is 3.74. The van der Waals surface area contributed by atoms with E-state index in [4.69, 9.17) is 11.6 Å². The van der Waals surface area contributed by atoms with Crippen molar-refractivity contribution in [3.8, 4) is 0 Å². The number of benzene rings is 1. The molecular formula is C11H5BrClF3N4. The molecule has 0 aliphatic rings. The van der Waals surface area contributed by atoms with Crippen LogP contribution in [0, 0.1) is 0 Å². The van der Waals surface area contributed by atoms with Gasteiger partial charge in [0.1, 0.15) is 5.15 Å². The highest BCUT2D eigenvalue weighted by Crippen LogP contribution is 2.36. The number of hydrogen-bond acceptors (Lipinski definition) is 3. The van der Waals surface area contributed by atoms with Crippen molar-refractivity contribution in [2.75, 3.05) is 0 Å². The molecule has 0 aliphatic heterocycles. The van der Waals surface area contributed by atoms with Crippen LogP contribution in [0.2, 0.25) is 5.15 Å². The predicted molar refractivity (Wildman–Crippen MR) is 71.5 cm³/mol. The lowest BCUT2D eigenvalue weighted by molar-refractivity contribution is -0.144. The smallest absolute Gasteiger partial charge is 0.267 e. The summed E-state index contributed by atoms with van der Waals surface area (Å²) < 4.78 is 40.5. The van der Waals surface area contributed by atoms with Crippen LogP contribution in [0.25, 0.3) is 21.8 Å². The van der Waals surface area contributed by atoms with Gasteiger partial charge in [0.05, 0.1) is 17.2 Å². The van der Waals surface area contributed by atoms with E-state index in [9.17, 15) is 13.2 Å². The fourth-order valence-corrected chi connectivity index (χ4v) is 2.91. The predicted octanol–water partition coefficient (Wildman–Crippen LogP) is 3.95. The van der Waals surface area contributed by atoms with Gasteiger partial charge in [-0.05, 0) is 22.0 Å². The van der Waals surface area contributed by atoms with E-state index < -0.39 is 12.0 Å². The molecular weight excluding hydrogens is 360 g/mol. The molecule has 0 bridgehead atoms. The maximum Gasteiger partial charge on any atom is 0.451 e. The lowest BCUT2D eigenvalue weighted by atomic mass is 10.2. The minimum absolute atomic E-state index is 0.128. The molecule has 0 radical (unpaired) electrons. The highest BCUT2D eigenvalue weighted by atomic mass is 79.9. The second-order valence-corrected chi connectivity index (χ2v) is 5.33. The van der Waals surface area contributed by atoms with Crippen molar-refractivity contribution in [1.29, 1.82) is 0 Å². The maximum absolute atomic E-state index is 12.8. The van der Waals surface area contributed by atoms with Crippen LogP contribution in [0.1, 0.15) is 5.82 Å². The van der Waals surface area contributed by atoms with Gasteiger partial charge in [-0.15, -0.1) is 0 Å². The Morgan fingerprint density at radius 2 is 1.95 bits per heavy atom. The first-order valence-electron chi connectivity index (χ1n) is 5.33.